The van der Waals surface area contributed by atoms with Gasteiger partial charge < -0.3 is 4.90 Å². The minimum Gasteiger partial charge on any atom is -0.309 e. The number of anilines is 1. The van der Waals surface area contributed by atoms with Gasteiger partial charge in [-0.25, -0.2) is 0 Å². The Balaban J connectivity index is 2.11. The van der Waals surface area contributed by atoms with Crippen LogP contribution < -0.4 is 4.90 Å². The molecule has 1 aliphatic rings. The fourth-order valence-electron chi connectivity index (χ4n) is 2.17. The Bertz CT molecular complexity index is 617. The Morgan fingerprint density at radius 3 is 3.06 bits per heavy atom. The lowest BCUT2D eigenvalue weighted by Crippen LogP contribution is -2.25. The second kappa shape index (κ2) is 4.75. The van der Waals surface area contributed by atoms with Crippen molar-refractivity contribution < 1.29 is 4.79 Å². The number of halogens is 2. The van der Waals surface area contributed by atoms with Gasteiger partial charge in [-0.05, 0) is 18.1 Å². The summed E-state index contributed by atoms with van der Waals surface area (Å²) in [6, 6.07) is 3.60. The fourth-order valence-corrected chi connectivity index (χ4v) is 3.40. The number of aromatic nitrogens is 2. The maximum absolute atomic E-state index is 12.1. The van der Waals surface area contributed by atoms with Crippen LogP contribution in [0.1, 0.15) is 6.42 Å². The third-order valence-corrected chi connectivity index (χ3v) is 4.81. The van der Waals surface area contributed by atoms with E-state index in [1.165, 1.54) is 0 Å². The van der Waals surface area contributed by atoms with Crippen LogP contribution in [0.2, 0.25) is 5.02 Å². The quantitative estimate of drug-likeness (QED) is 0.785. The average molecular weight is 347 g/mol. The van der Waals surface area contributed by atoms with Gasteiger partial charge in [0.2, 0.25) is 5.91 Å². The number of carbonyl (C=O) groups excluding carboxylic acids is 1. The molecule has 1 aliphatic heterocycles. The SMILES string of the molecule is O=C1CC(CBr)CN1c1c(Cl)ccc2nsnc12. The van der Waals surface area contributed by atoms with Gasteiger partial charge in [-0.1, -0.05) is 27.5 Å². The highest BCUT2D eigenvalue weighted by Crippen LogP contribution is 2.36. The number of fused-ring (bicyclic) bond motifs is 1. The van der Waals surface area contributed by atoms with E-state index in [4.69, 9.17) is 11.6 Å². The van der Waals surface area contributed by atoms with Crippen molar-refractivity contribution in [3.05, 3.63) is 17.2 Å². The Morgan fingerprint density at radius 2 is 2.33 bits per heavy atom. The molecule has 1 amide bonds. The molecule has 94 valence electrons. The van der Waals surface area contributed by atoms with Crippen molar-refractivity contribution in [2.75, 3.05) is 16.8 Å². The zero-order valence-electron chi connectivity index (χ0n) is 9.27. The summed E-state index contributed by atoms with van der Waals surface area (Å²) >= 11 is 10.8. The van der Waals surface area contributed by atoms with Gasteiger partial charge in [-0.2, -0.15) is 8.75 Å². The third-order valence-electron chi connectivity index (χ3n) is 3.05. The molecule has 1 fully saturated rings. The first-order valence-corrected chi connectivity index (χ1v) is 7.70. The number of carbonyl (C=O) groups is 1. The Labute approximate surface area is 121 Å². The van der Waals surface area contributed by atoms with E-state index in [0.717, 1.165) is 28.1 Å². The minimum absolute atomic E-state index is 0.0989. The summed E-state index contributed by atoms with van der Waals surface area (Å²) < 4.78 is 8.43. The molecule has 1 unspecified atom stereocenters. The van der Waals surface area contributed by atoms with E-state index in [1.54, 1.807) is 11.0 Å². The van der Waals surface area contributed by atoms with E-state index >= 15 is 0 Å². The van der Waals surface area contributed by atoms with Crippen LogP contribution >= 0.6 is 39.3 Å². The van der Waals surface area contributed by atoms with Gasteiger partial charge in [-0.15, -0.1) is 0 Å². The predicted octanol–water partition coefficient (Wildman–Crippen LogP) is 3.09. The highest BCUT2D eigenvalue weighted by Gasteiger charge is 2.32. The number of rotatable bonds is 2. The van der Waals surface area contributed by atoms with Crippen molar-refractivity contribution in [3.8, 4) is 0 Å². The van der Waals surface area contributed by atoms with Crippen molar-refractivity contribution in [2.45, 2.75) is 6.42 Å². The predicted molar refractivity (Wildman–Crippen MR) is 76.7 cm³/mol. The molecule has 2 heterocycles. The maximum atomic E-state index is 12.1. The van der Waals surface area contributed by atoms with Gasteiger partial charge in [0.05, 0.1) is 22.4 Å². The molecule has 0 spiro atoms. The Morgan fingerprint density at radius 1 is 1.50 bits per heavy atom. The number of hydrogen-bond donors (Lipinski definition) is 0. The summed E-state index contributed by atoms with van der Waals surface area (Å²) in [5, 5.41) is 1.37. The van der Waals surface area contributed by atoms with Crippen molar-refractivity contribution in [2.24, 2.45) is 5.92 Å². The topological polar surface area (TPSA) is 46.1 Å². The number of amides is 1. The summed E-state index contributed by atoms with van der Waals surface area (Å²) in [5.74, 6) is 0.428. The highest BCUT2D eigenvalue weighted by atomic mass is 79.9. The molecule has 0 saturated carbocycles. The lowest BCUT2D eigenvalue weighted by Gasteiger charge is -2.18. The Kier molecular flexibility index (Phi) is 3.25. The molecule has 7 heteroatoms. The summed E-state index contributed by atoms with van der Waals surface area (Å²) in [7, 11) is 0. The molecule has 0 aliphatic carbocycles. The molecule has 1 aromatic carbocycles. The smallest absolute Gasteiger partial charge is 0.227 e. The first kappa shape index (κ1) is 12.3. The molecule has 1 saturated heterocycles. The zero-order valence-corrected chi connectivity index (χ0v) is 12.4. The minimum atomic E-state index is 0.0989. The van der Waals surface area contributed by atoms with E-state index in [9.17, 15) is 4.79 Å². The first-order valence-electron chi connectivity index (χ1n) is 5.48. The van der Waals surface area contributed by atoms with Gasteiger partial charge in [0.25, 0.3) is 0 Å². The summed E-state index contributed by atoms with van der Waals surface area (Å²) in [6.45, 7) is 0.681. The molecule has 18 heavy (non-hydrogen) atoms. The van der Waals surface area contributed by atoms with Gasteiger partial charge in [0.15, 0.2) is 0 Å². The van der Waals surface area contributed by atoms with E-state index < -0.39 is 0 Å². The summed E-state index contributed by atoms with van der Waals surface area (Å²) in [4.78, 5) is 13.8. The number of benzene rings is 1. The fraction of sp³-hybridized carbons (Fsp3) is 0.364. The van der Waals surface area contributed by atoms with E-state index in [1.807, 2.05) is 6.07 Å². The van der Waals surface area contributed by atoms with Crippen LogP contribution in [-0.4, -0.2) is 26.5 Å². The molecule has 0 radical (unpaired) electrons. The summed E-state index contributed by atoms with van der Waals surface area (Å²) in [5.41, 5.74) is 2.21. The van der Waals surface area contributed by atoms with Crippen molar-refractivity contribution >= 4 is 61.9 Å². The van der Waals surface area contributed by atoms with Crippen molar-refractivity contribution in [1.29, 1.82) is 0 Å². The van der Waals surface area contributed by atoms with Gasteiger partial charge in [0, 0.05) is 18.3 Å². The lowest BCUT2D eigenvalue weighted by molar-refractivity contribution is -0.117. The molecule has 0 bridgehead atoms. The molecule has 4 nitrogen and oxygen atoms in total. The number of alkyl halides is 1. The van der Waals surface area contributed by atoms with Crippen LogP contribution in [0.3, 0.4) is 0 Å². The number of nitrogens with zero attached hydrogens (tertiary/aromatic N) is 3. The summed E-state index contributed by atoms with van der Waals surface area (Å²) in [6.07, 6.45) is 0.551. The molecule has 1 atom stereocenters. The van der Waals surface area contributed by atoms with Gasteiger partial charge >= 0.3 is 0 Å². The number of hydrogen-bond acceptors (Lipinski definition) is 4. The van der Waals surface area contributed by atoms with Crippen molar-refractivity contribution in [3.63, 3.8) is 0 Å². The van der Waals surface area contributed by atoms with Crippen LogP contribution in [0, 0.1) is 5.92 Å². The molecule has 1 aromatic heterocycles. The van der Waals surface area contributed by atoms with Crippen LogP contribution in [0.25, 0.3) is 11.0 Å². The normalized spacial score (nSPS) is 20.0. The molecule has 2 aromatic rings. The van der Waals surface area contributed by atoms with Crippen molar-refractivity contribution in [1.82, 2.24) is 8.75 Å². The highest BCUT2D eigenvalue weighted by molar-refractivity contribution is 9.09. The molecule has 3 rings (SSSR count). The second-order valence-electron chi connectivity index (χ2n) is 4.26. The van der Waals surface area contributed by atoms with Gasteiger partial charge in [0.1, 0.15) is 11.0 Å². The second-order valence-corrected chi connectivity index (χ2v) is 5.84. The zero-order chi connectivity index (χ0) is 12.7. The third kappa shape index (κ3) is 1.92. The van der Waals surface area contributed by atoms with Crippen LogP contribution in [0.5, 0.6) is 0 Å². The molecular formula is C11H9BrClN3OS. The average Bonchev–Trinajstić information content (AvgIpc) is 2.96. The standard InChI is InChI=1S/C11H9BrClN3OS/c12-4-6-3-9(17)16(5-6)11-7(13)1-2-8-10(11)15-18-14-8/h1-2,6H,3-5H2. The van der Waals surface area contributed by atoms with Crippen LogP contribution in [0.4, 0.5) is 5.69 Å². The van der Waals surface area contributed by atoms with Crippen LogP contribution in [-0.2, 0) is 4.79 Å². The monoisotopic (exact) mass is 345 g/mol. The van der Waals surface area contributed by atoms with Crippen LogP contribution in [0.15, 0.2) is 12.1 Å². The first-order chi connectivity index (χ1) is 8.70. The maximum Gasteiger partial charge on any atom is 0.227 e. The largest absolute Gasteiger partial charge is 0.309 e. The van der Waals surface area contributed by atoms with E-state index in [0.29, 0.717) is 29.6 Å². The molecule has 0 N–H and O–H groups in total. The Hall–Kier alpha value is -0.720. The van der Waals surface area contributed by atoms with E-state index in [2.05, 4.69) is 24.7 Å². The lowest BCUT2D eigenvalue weighted by atomic mass is 10.2. The van der Waals surface area contributed by atoms with Gasteiger partial charge in [-0.3, -0.25) is 4.79 Å². The molecular weight excluding hydrogens is 338 g/mol. The van der Waals surface area contributed by atoms with E-state index in [-0.39, 0.29) is 5.91 Å².